The van der Waals surface area contributed by atoms with Crippen LogP contribution in [-0.4, -0.2) is 82.4 Å². The first-order valence-corrected chi connectivity index (χ1v) is 6.64. The highest BCUT2D eigenvalue weighted by Crippen LogP contribution is 2.27. The molecule has 4 aromatic heterocycles. The minimum atomic E-state index is -0.774. The number of hydrogen-bond acceptors (Lipinski definition) is 12. The normalized spacial score (nSPS) is 9.25. The fraction of sp³-hybridized carbons (Fsp3) is 0. The summed E-state index contributed by atoms with van der Waals surface area (Å²) >= 11 is 0. The second-order valence-electron chi connectivity index (χ2n) is 4.71. The molecule has 0 aromatic carbocycles. The Labute approximate surface area is 169 Å². The number of rotatable bonds is 4. The lowest BCUT2D eigenvalue weighted by Crippen LogP contribution is -1.90. The molecule has 0 aliphatic carbocycles. The van der Waals surface area contributed by atoms with Crippen molar-refractivity contribution < 1.29 is 41.6 Å². The van der Waals surface area contributed by atoms with E-state index in [4.69, 9.17) is 0 Å². The maximum atomic E-state index is 10.4. The Balaban J connectivity index is 0. The third-order valence-electron chi connectivity index (χ3n) is 3.18. The molecule has 0 bridgehead atoms. The highest BCUT2D eigenvalue weighted by atomic mass is 16.6. The molecule has 32 heavy (non-hydrogen) atoms. The molecule has 0 unspecified atom stereocenters. The summed E-state index contributed by atoms with van der Waals surface area (Å²) in [7, 11) is 0. The minimum Gasteiger partial charge on any atom is -0.412 e. The van der Waals surface area contributed by atoms with Crippen LogP contribution in [0.1, 0.15) is 0 Å². The third-order valence-corrected chi connectivity index (χ3v) is 3.18. The third kappa shape index (κ3) is 4.68. The van der Waals surface area contributed by atoms with Crippen molar-refractivity contribution in [2.75, 3.05) is 0 Å². The number of H-pyrrole nitrogens is 4. The van der Waals surface area contributed by atoms with Crippen molar-refractivity contribution in [2.45, 2.75) is 0 Å². The van der Waals surface area contributed by atoms with E-state index in [0.29, 0.717) is 0 Å². The van der Waals surface area contributed by atoms with E-state index in [2.05, 4.69) is 40.8 Å². The first-order chi connectivity index (χ1) is 13.2. The zero-order valence-corrected chi connectivity index (χ0v) is 14.8. The Kier molecular flexibility index (Phi) is 9.55. The molecule has 24 heteroatoms. The van der Waals surface area contributed by atoms with Crippen molar-refractivity contribution in [3.8, 4) is 0 Å². The predicted molar refractivity (Wildman–Crippen MR) is 97.6 cm³/mol. The van der Waals surface area contributed by atoms with Crippen LogP contribution in [0.5, 0.6) is 0 Å². The van der Waals surface area contributed by atoms with Gasteiger partial charge in [0.25, 0.3) is 0 Å². The maximum absolute atomic E-state index is 10.4. The maximum Gasteiger partial charge on any atom is 0.420 e. The zero-order chi connectivity index (χ0) is 20.6. The number of fused-ring (bicyclic) bond motifs is 2. The summed E-state index contributed by atoms with van der Waals surface area (Å²) < 4.78 is 0. The van der Waals surface area contributed by atoms with Crippen molar-refractivity contribution in [1.29, 1.82) is 0 Å². The molecule has 24 nitrogen and oxygen atoms in total. The quantitative estimate of drug-likeness (QED) is 0.171. The van der Waals surface area contributed by atoms with Crippen LogP contribution in [-0.2, 0) is 0 Å². The van der Waals surface area contributed by atoms with Crippen LogP contribution < -0.4 is 0 Å². The Morgan fingerprint density at radius 1 is 0.500 bits per heavy atom. The molecule has 0 amide bonds. The van der Waals surface area contributed by atoms with E-state index in [1.807, 2.05) is 0 Å². The summed E-state index contributed by atoms with van der Waals surface area (Å²) in [5, 5.41) is 63.3. The van der Waals surface area contributed by atoms with Gasteiger partial charge in [-0.15, -0.1) is 10.2 Å². The van der Waals surface area contributed by atoms with Gasteiger partial charge in [0.2, 0.25) is 22.1 Å². The van der Waals surface area contributed by atoms with E-state index >= 15 is 0 Å². The van der Waals surface area contributed by atoms with Crippen LogP contribution in [0, 0.1) is 40.5 Å². The van der Waals surface area contributed by atoms with E-state index in [0.717, 1.165) is 0 Å². The average Bonchev–Trinajstić information content (AvgIpc) is 3.34. The number of nitro groups is 4. The standard InChI is InChI=1S/2C4H2N6O4.4H2O/c2*11-9(12)3-1-2(6-7-3)4(8-5-1)10(13)14;;;;/h2*(H,5,8)(H,6,7);4*1H2. The summed E-state index contributed by atoms with van der Waals surface area (Å²) in [4.78, 5) is 38.4. The lowest BCUT2D eigenvalue weighted by molar-refractivity contribution is -0.388. The van der Waals surface area contributed by atoms with Crippen LogP contribution in [0.3, 0.4) is 0 Å². The summed E-state index contributed by atoms with van der Waals surface area (Å²) in [6.45, 7) is 0. The van der Waals surface area contributed by atoms with Crippen molar-refractivity contribution in [3.63, 3.8) is 0 Å². The molecule has 12 N–H and O–H groups in total. The van der Waals surface area contributed by atoms with Gasteiger partial charge in [0.15, 0.2) is 0 Å². The molecule has 0 aliphatic rings. The molecule has 0 aliphatic heterocycles. The molecule has 0 atom stereocenters. The second-order valence-corrected chi connectivity index (χ2v) is 4.71. The van der Waals surface area contributed by atoms with Crippen LogP contribution in [0.2, 0.25) is 0 Å². The van der Waals surface area contributed by atoms with Crippen LogP contribution in [0.15, 0.2) is 0 Å². The summed E-state index contributed by atoms with van der Waals surface area (Å²) in [6.07, 6.45) is 0. The van der Waals surface area contributed by atoms with Gasteiger partial charge in [-0.25, -0.2) is 0 Å². The SMILES string of the molecule is O.O.O.O.O=[N+]([O-])c1n[nH]c2c([N+](=O)[O-])[nH]nc12.O=[N+]([O-])c1n[nH]c2c([N+](=O)[O-])[nH]nc12. The average molecular weight is 468 g/mol. The fourth-order valence-corrected chi connectivity index (χ4v) is 2.04. The van der Waals surface area contributed by atoms with Crippen LogP contribution >= 0.6 is 0 Å². The highest BCUT2D eigenvalue weighted by molar-refractivity contribution is 5.88. The number of hydrogen-bond donors (Lipinski definition) is 4. The van der Waals surface area contributed by atoms with Gasteiger partial charge in [-0.3, -0.25) is 0 Å². The molecular formula is C8H12N12O12. The summed E-state index contributed by atoms with van der Waals surface area (Å²) in [5.41, 5.74) is -0.466. The van der Waals surface area contributed by atoms with E-state index in [-0.39, 0.29) is 44.0 Å². The molecule has 176 valence electrons. The zero-order valence-electron chi connectivity index (χ0n) is 14.8. The Morgan fingerprint density at radius 3 is 1.06 bits per heavy atom. The summed E-state index contributed by atoms with van der Waals surface area (Å²) in [5.74, 6) is -1.96. The first kappa shape index (κ1) is 29.0. The number of nitrogens with zero attached hydrogens (tertiary/aromatic N) is 8. The smallest absolute Gasteiger partial charge is 0.412 e. The molecule has 4 heterocycles. The van der Waals surface area contributed by atoms with E-state index < -0.39 is 43.0 Å². The lowest BCUT2D eigenvalue weighted by Gasteiger charge is -1.84. The molecule has 4 rings (SSSR count). The number of nitrogens with one attached hydrogen (secondary N) is 4. The first-order valence-electron chi connectivity index (χ1n) is 6.64. The molecule has 0 spiro atoms. The van der Waals surface area contributed by atoms with Gasteiger partial charge in [0, 0.05) is 0 Å². The van der Waals surface area contributed by atoms with E-state index in [1.54, 1.807) is 0 Å². The Hall–Kier alpha value is -5.20. The highest BCUT2D eigenvalue weighted by Gasteiger charge is 2.28. The van der Waals surface area contributed by atoms with Crippen molar-refractivity contribution >= 4 is 45.3 Å². The monoisotopic (exact) mass is 468 g/mol. The van der Waals surface area contributed by atoms with Crippen molar-refractivity contribution in [1.82, 2.24) is 40.8 Å². The van der Waals surface area contributed by atoms with Gasteiger partial charge in [0.05, 0.1) is 10.2 Å². The largest absolute Gasteiger partial charge is 0.420 e. The predicted octanol–water partition coefficient (Wildman–Crippen LogP) is -3.09. The molecular weight excluding hydrogens is 456 g/mol. The Morgan fingerprint density at radius 2 is 0.812 bits per heavy atom. The van der Waals surface area contributed by atoms with Gasteiger partial charge in [-0.2, -0.15) is 10.2 Å². The van der Waals surface area contributed by atoms with Gasteiger partial charge in [-0.1, -0.05) is 10.2 Å². The fourth-order valence-electron chi connectivity index (χ4n) is 2.04. The molecule has 0 radical (unpaired) electrons. The van der Waals surface area contributed by atoms with Crippen LogP contribution in [0.4, 0.5) is 23.3 Å². The van der Waals surface area contributed by atoms with Gasteiger partial charge < -0.3 is 62.4 Å². The van der Waals surface area contributed by atoms with Crippen LogP contribution in [0.25, 0.3) is 22.1 Å². The minimum absolute atomic E-state index is 0. The van der Waals surface area contributed by atoms with Gasteiger partial charge in [0.1, 0.15) is 0 Å². The lowest BCUT2D eigenvalue weighted by atomic mass is 10.4. The summed E-state index contributed by atoms with van der Waals surface area (Å²) in [6, 6.07) is 0. The van der Waals surface area contributed by atoms with Gasteiger partial charge in [-0.05, 0) is 19.7 Å². The topological polar surface area (TPSA) is 413 Å². The van der Waals surface area contributed by atoms with Crippen molar-refractivity contribution in [2.24, 2.45) is 0 Å². The molecule has 0 saturated heterocycles. The van der Waals surface area contributed by atoms with Gasteiger partial charge >= 0.3 is 23.3 Å². The van der Waals surface area contributed by atoms with Crippen molar-refractivity contribution in [3.05, 3.63) is 40.5 Å². The molecule has 0 saturated carbocycles. The molecule has 4 aromatic rings. The van der Waals surface area contributed by atoms with E-state index in [9.17, 15) is 40.5 Å². The van der Waals surface area contributed by atoms with E-state index in [1.165, 1.54) is 0 Å². The number of aromatic nitrogens is 8. The second kappa shape index (κ2) is 10.5. The Bertz CT molecular complexity index is 1060. The number of aromatic amines is 4. The molecule has 0 fully saturated rings.